The zero-order valence-electron chi connectivity index (χ0n) is 17.7. The molecule has 0 radical (unpaired) electrons. The zero-order valence-corrected chi connectivity index (χ0v) is 17.7. The number of pyridine rings is 2. The molecule has 6 nitrogen and oxygen atoms in total. The summed E-state index contributed by atoms with van der Waals surface area (Å²) in [5.41, 5.74) is 3.18. The lowest BCUT2D eigenvalue weighted by Crippen LogP contribution is -2.11. The maximum Gasteiger partial charge on any atom is 0.360 e. The number of carbonyl (C=O) groups excluding carboxylic acids is 1. The van der Waals surface area contributed by atoms with Crippen LogP contribution in [-0.2, 0) is 17.8 Å². The molecule has 4 aromatic rings. The molecule has 32 heavy (non-hydrogen) atoms. The lowest BCUT2D eigenvalue weighted by Gasteiger charge is -2.15. The predicted octanol–water partition coefficient (Wildman–Crippen LogP) is 4.73. The quantitative estimate of drug-likeness (QED) is 0.393. The van der Waals surface area contributed by atoms with Gasteiger partial charge in [0.05, 0.1) is 19.6 Å². The van der Waals surface area contributed by atoms with Crippen LogP contribution in [0.2, 0.25) is 0 Å². The number of nitrogens with zero attached hydrogens (tertiary/aromatic N) is 2. The predicted molar refractivity (Wildman–Crippen MR) is 117 cm³/mol. The monoisotopic (exact) mass is 432 g/mol. The third-order valence-corrected chi connectivity index (χ3v) is 4.94. The zero-order chi connectivity index (χ0) is 22.5. The van der Waals surface area contributed by atoms with Crippen molar-refractivity contribution in [3.8, 4) is 11.6 Å². The minimum Gasteiger partial charge on any atom is -0.484 e. The Balaban J connectivity index is 1.77. The van der Waals surface area contributed by atoms with Crippen LogP contribution in [0.1, 0.15) is 27.2 Å². The number of esters is 1. The highest BCUT2D eigenvalue weighted by Crippen LogP contribution is 2.34. The van der Waals surface area contributed by atoms with E-state index in [0.29, 0.717) is 17.3 Å². The van der Waals surface area contributed by atoms with Crippen molar-refractivity contribution in [2.75, 3.05) is 14.2 Å². The van der Waals surface area contributed by atoms with Crippen molar-refractivity contribution in [2.45, 2.75) is 13.0 Å². The molecule has 0 spiro atoms. The van der Waals surface area contributed by atoms with Crippen LogP contribution in [0.5, 0.6) is 11.6 Å². The fourth-order valence-electron chi connectivity index (χ4n) is 3.37. The first-order valence-corrected chi connectivity index (χ1v) is 9.95. The molecule has 162 valence electrons. The highest BCUT2D eigenvalue weighted by molar-refractivity contribution is 5.99. The van der Waals surface area contributed by atoms with Crippen molar-refractivity contribution in [1.29, 1.82) is 0 Å². The number of benzene rings is 2. The van der Waals surface area contributed by atoms with E-state index in [2.05, 4.69) is 9.97 Å². The molecular formula is C25H21FN2O4. The highest BCUT2D eigenvalue weighted by Gasteiger charge is 2.23. The molecule has 0 aliphatic heterocycles. The normalized spacial score (nSPS) is 10.7. The summed E-state index contributed by atoms with van der Waals surface area (Å²) in [6, 6.07) is 17.7. The summed E-state index contributed by atoms with van der Waals surface area (Å²) in [5.74, 6) is -0.469. The summed E-state index contributed by atoms with van der Waals surface area (Å²) in [6.45, 7) is 0.229. The Hall–Kier alpha value is -4.00. The highest BCUT2D eigenvalue weighted by atomic mass is 19.1. The number of fused-ring (bicyclic) bond motifs is 1. The first kappa shape index (κ1) is 21.2. The van der Waals surface area contributed by atoms with Gasteiger partial charge in [-0.3, -0.25) is 4.98 Å². The van der Waals surface area contributed by atoms with Crippen molar-refractivity contribution in [3.05, 3.63) is 95.1 Å². The van der Waals surface area contributed by atoms with Crippen LogP contribution >= 0.6 is 0 Å². The summed E-state index contributed by atoms with van der Waals surface area (Å²) in [7, 11) is 2.75. The fourth-order valence-corrected chi connectivity index (χ4v) is 3.37. The van der Waals surface area contributed by atoms with E-state index >= 15 is 0 Å². The molecule has 7 heteroatoms. The first-order chi connectivity index (χ1) is 15.6. The number of aromatic nitrogens is 2. The number of hydrogen-bond donors (Lipinski definition) is 0. The third kappa shape index (κ3) is 4.51. The van der Waals surface area contributed by atoms with E-state index in [1.807, 2.05) is 36.4 Å². The minimum atomic E-state index is -0.648. The average Bonchev–Trinajstić information content (AvgIpc) is 2.83. The SMILES string of the molecule is COC(=O)c1nc(OC)c2cc(Cc3ccc(F)cc3)cnc2c1OCc1ccccc1. The second kappa shape index (κ2) is 9.43. The largest absolute Gasteiger partial charge is 0.484 e. The molecule has 0 unspecified atom stereocenters. The van der Waals surface area contributed by atoms with Crippen molar-refractivity contribution in [3.63, 3.8) is 0 Å². The second-order valence-corrected chi connectivity index (χ2v) is 7.11. The molecule has 0 N–H and O–H groups in total. The first-order valence-electron chi connectivity index (χ1n) is 9.95. The average molecular weight is 432 g/mol. The summed E-state index contributed by atoms with van der Waals surface area (Å²) < 4.78 is 29.6. The molecule has 2 aromatic carbocycles. The molecule has 0 saturated heterocycles. The van der Waals surface area contributed by atoms with Gasteiger partial charge in [-0.1, -0.05) is 42.5 Å². The van der Waals surface area contributed by atoms with Gasteiger partial charge < -0.3 is 14.2 Å². The van der Waals surface area contributed by atoms with Gasteiger partial charge in [0.15, 0.2) is 11.4 Å². The van der Waals surface area contributed by atoms with Crippen LogP contribution in [0, 0.1) is 5.82 Å². The third-order valence-electron chi connectivity index (χ3n) is 4.94. The smallest absolute Gasteiger partial charge is 0.360 e. The Morgan fingerprint density at radius 2 is 1.72 bits per heavy atom. The van der Waals surface area contributed by atoms with Crippen molar-refractivity contribution < 1.29 is 23.4 Å². The summed E-state index contributed by atoms with van der Waals surface area (Å²) in [6.07, 6.45) is 2.24. The van der Waals surface area contributed by atoms with Gasteiger partial charge in [0.2, 0.25) is 5.88 Å². The van der Waals surface area contributed by atoms with Crippen molar-refractivity contribution in [2.24, 2.45) is 0 Å². The number of carbonyl (C=O) groups is 1. The fraction of sp³-hybridized carbons (Fsp3) is 0.160. The standard InChI is InChI=1S/C25H21FN2O4/c1-30-24-20-13-18(12-16-8-10-19(26)11-9-16)14-27-21(20)23(22(28-24)25(29)31-2)32-15-17-6-4-3-5-7-17/h3-11,13-14H,12,15H2,1-2H3. The van der Waals surface area contributed by atoms with E-state index in [1.165, 1.54) is 26.4 Å². The molecule has 4 rings (SSSR count). The summed E-state index contributed by atoms with van der Waals surface area (Å²) in [4.78, 5) is 21.3. The van der Waals surface area contributed by atoms with Crippen molar-refractivity contribution in [1.82, 2.24) is 9.97 Å². The molecule has 0 fully saturated rings. The molecule has 0 atom stereocenters. The topological polar surface area (TPSA) is 70.5 Å². The van der Waals surface area contributed by atoms with Gasteiger partial charge in [-0.05, 0) is 41.3 Å². The molecule has 0 bridgehead atoms. The molecule has 2 heterocycles. The van der Waals surface area contributed by atoms with Crippen LogP contribution in [0.3, 0.4) is 0 Å². The number of ether oxygens (including phenoxy) is 3. The summed E-state index contributed by atoms with van der Waals surface area (Å²) >= 11 is 0. The van der Waals surface area contributed by atoms with Crippen LogP contribution in [0.25, 0.3) is 10.9 Å². The van der Waals surface area contributed by atoms with Gasteiger partial charge in [0.1, 0.15) is 17.9 Å². The number of methoxy groups -OCH3 is 2. The van der Waals surface area contributed by atoms with Crippen molar-refractivity contribution >= 4 is 16.9 Å². The molecule has 0 aliphatic rings. The second-order valence-electron chi connectivity index (χ2n) is 7.11. The molecule has 0 amide bonds. The molecule has 2 aromatic heterocycles. The molecule has 0 aliphatic carbocycles. The Labute approximate surface area is 184 Å². The van der Waals surface area contributed by atoms with Gasteiger partial charge in [0.25, 0.3) is 0 Å². The van der Waals surface area contributed by atoms with E-state index in [4.69, 9.17) is 14.2 Å². The molecule has 0 saturated carbocycles. The van der Waals surface area contributed by atoms with E-state index < -0.39 is 5.97 Å². The van der Waals surface area contributed by atoms with Crippen LogP contribution in [0.4, 0.5) is 4.39 Å². The van der Waals surface area contributed by atoms with E-state index in [0.717, 1.165) is 16.7 Å². The summed E-state index contributed by atoms with van der Waals surface area (Å²) in [5, 5.41) is 0.600. The Kier molecular flexibility index (Phi) is 6.26. The Morgan fingerprint density at radius 1 is 0.969 bits per heavy atom. The van der Waals surface area contributed by atoms with Crippen LogP contribution in [0.15, 0.2) is 66.9 Å². The Morgan fingerprint density at radius 3 is 2.41 bits per heavy atom. The van der Waals surface area contributed by atoms with Crippen LogP contribution in [-0.4, -0.2) is 30.2 Å². The number of rotatable bonds is 7. The van der Waals surface area contributed by atoms with E-state index in [9.17, 15) is 9.18 Å². The maximum atomic E-state index is 13.2. The Bertz CT molecular complexity index is 1240. The van der Waals surface area contributed by atoms with E-state index in [-0.39, 0.29) is 29.7 Å². The van der Waals surface area contributed by atoms with E-state index in [1.54, 1.807) is 18.3 Å². The lowest BCUT2D eigenvalue weighted by atomic mass is 10.0. The van der Waals surface area contributed by atoms with Gasteiger partial charge in [-0.25, -0.2) is 14.2 Å². The number of halogens is 1. The maximum absolute atomic E-state index is 13.2. The lowest BCUT2D eigenvalue weighted by molar-refractivity contribution is 0.0587. The van der Waals surface area contributed by atoms with Gasteiger partial charge in [-0.15, -0.1) is 0 Å². The minimum absolute atomic E-state index is 0.00781. The van der Waals surface area contributed by atoms with Crippen LogP contribution < -0.4 is 9.47 Å². The van der Waals surface area contributed by atoms with Gasteiger partial charge in [0, 0.05) is 6.20 Å². The van der Waals surface area contributed by atoms with Gasteiger partial charge >= 0.3 is 5.97 Å². The van der Waals surface area contributed by atoms with Gasteiger partial charge in [-0.2, -0.15) is 0 Å². The number of hydrogen-bond acceptors (Lipinski definition) is 6. The molecular weight excluding hydrogens is 411 g/mol.